The fourth-order valence-electron chi connectivity index (χ4n) is 3.21. The summed E-state index contributed by atoms with van der Waals surface area (Å²) in [5.41, 5.74) is 3.13. The first kappa shape index (κ1) is 17.8. The smallest absolute Gasteiger partial charge is 0.224 e. The van der Waals surface area contributed by atoms with Crippen LogP contribution in [-0.4, -0.2) is 24.4 Å². The highest BCUT2D eigenvalue weighted by atomic mass is 35.5. The number of nitrogens with one attached hydrogen (secondary N) is 3. The molecule has 2 unspecified atom stereocenters. The average molecular weight is 338 g/mol. The van der Waals surface area contributed by atoms with Crippen LogP contribution in [0.5, 0.6) is 0 Å². The first-order valence-corrected chi connectivity index (χ1v) is 8.07. The molecule has 0 spiro atoms. The highest BCUT2D eigenvalue weighted by Gasteiger charge is 2.20. The number of rotatable bonds is 4. The summed E-state index contributed by atoms with van der Waals surface area (Å²) < 4.78 is 0. The first-order valence-electron chi connectivity index (χ1n) is 8.07. The highest BCUT2D eigenvalue weighted by Crippen LogP contribution is 2.26. The van der Waals surface area contributed by atoms with Crippen LogP contribution >= 0.6 is 12.4 Å². The van der Waals surface area contributed by atoms with Crippen molar-refractivity contribution in [2.45, 2.75) is 51.1 Å². The number of hydrogen-bond donors (Lipinski definition) is 3. The second-order valence-electron chi connectivity index (χ2n) is 6.25. The molecule has 2 aliphatic heterocycles. The Labute approximate surface area is 143 Å². The van der Waals surface area contributed by atoms with Gasteiger partial charge in [-0.2, -0.15) is 0 Å². The predicted molar refractivity (Wildman–Crippen MR) is 92.8 cm³/mol. The molecule has 6 heteroatoms. The van der Waals surface area contributed by atoms with Crippen molar-refractivity contribution in [1.82, 2.24) is 10.6 Å². The summed E-state index contributed by atoms with van der Waals surface area (Å²) in [6.07, 6.45) is 4.09. The van der Waals surface area contributed by atoms with E-state index in [0.29, 0.717) is 18.9 Å². The maximum atomic E-state index is 12.1. The number of carbonyl (C=O) groups is 2. The molecule has 1 fully saturated rings. The van der Waals surface area contributed by atoms with Crippen LogP contribution in [0.1, 0.15) is 49.8 Å². The van der Waals surface area contributed by atoms with Gasteiger partial charge in [-0.3, -0.25) is 9.59 Å². The average Bonchev–Trinajstić information content (AvgIpc) is 2.99. The Hall–Kier alpha value is -1.59. The molecule has 0 aliphatic carbocycles. The number of carbonyl (C=O) groups excluding carboxylic acids is 2. The summed E-state index contributed by atoms with van der Waals surface area (Å²) in [5, 5.41) is 9.30. The molecule has 3 rings (SSSR count). The van der Waals surface area contributed by atoms with E-state index >= 15 is 0 Å². The van der Waals surface area contributed by atoms with Crippen LogP contribution in [0.25, 0.3) is 0 Å². The summed E-state index contributed by atoms with van der Waals surface area (Å²) in [5.74, 6) is 0.170. The van der Waals surface area contributed by atoms with E-state index in [0.717, 1.165) is 42.6 Å². The Bertz CT molecular complexity index is 585. The van der Waals surface area contributed by atoms with Gasteiger partial charge >= 0.3 is 0 Å². The van der Waals surface area contributed by atoms with Crippen molar-refractivity contribution in [1.29, 1.82) is 0 Å². The van der Waals surface area contributed by atoms with E-state index in [-0.39, 0.29) is 30.3 Å². The number of halogens is 1. The van der Waals surface area contributed by atoms with Gasteiger partial charge in [0.2, 0.25) is 11.8 Å². The topological polar surface area (TPSA) is 70.2 Å². The molecule has 23 heavy (non-hydrogen) atoms. The number of amides is 2. The number of benzene rings is 1. The van der Waals surface area contributed by atoms with Gasteiger partial charge in [0.05, 0.1) is 6.04 Å². The third-order valence-electron chi connectivity index (χ3n) is 4.50. The molecule has 1 aromatic carbocycles. The van der Waals surface area contributed by atoms with E-state index < -0.39 is 0 Å². The largest absolute Gasteiger partial charge is 0.350 e. The van der Waals surface area contributed by atoms with Crippen molar-refractivity contribution < 1.29 is 9.59 Å². The molecular formula is C17H24ClN3O2. The van der Waals surface area contributed by atoms with E-state index in [4.69, 9.17) is 0 Å². The quantitative estimate of drug-likeness (QED) is 0.789. The van der Waals surface area contributed by atoms with E-state index in [1.54, 1.807) is 0 Å². The van der Waals surface area contributed by atoms with Crippen LogP contribution < -0.4 is 16.0 Å². The van der Waals surface area contributed by atoms with Gasteiger partial charge in [-0.15, -0.1) is 12.4 Å². The van der Waals surface area contributed by atoms with Crippen LogP contribution in [-0.2, 0) is 16.0 Å². The second kappa shape index (κ2) is 7.79. The van der Waals surface area contributed by atoms with Gasteiger partial charge in [-0.1, -0.05) is 12.1 Å². The van der Waals surface area contributed by atoms with Crippen LogP contribution in [0.2, 0.25) is 0 Å². The van der Waals surface area contributed by atoms with Crippen LogP contribution in [0, 0.1) is 0 Å². The summed E-state index contributed by atoms with van der Waals surface area (Å²) in [7, 11) is 0. The second-order valence-corrected chi connectivity index (χ2v) is 6.25. The van der Waals surface area contributed by atoms with Gasteiger partial charge in [-0.05, 0) is 49.9 Å². The molecule has 0 saturated carbocycles. The van der Waals surface area contributed by atoms with Crippen molar-refractivity contribution in [3.05, 3.63) is 29.3 Å². The monoisotopic (exact) mass is 337 g/mol. The van der Waals surface area contributed by atoms with Crippen LogP contribution in [0.3, 0.4) is 0 Å². The minimum absolute atomic E-state index is 0. The molecule has 126 valence electrons. The molecule has 2 atom stereocenters. The maximum Gasteiger partial charge on any atom is 0.224 e. The molecule has 3 N–H and O–H groups in total. The molecule has 5 nitrogen and oxygen atoms in total. The third kappa shape index (κ3) is 4.45. The van der Waals surface area contributed by atoms with Crippen LogP contribution in [0.15, 0.2) is 18.2 Å². The highest BCUT2D eigenvalue weighted by molar-refractivity contribution is 5.93. The fourth-order valence-corrected chi connectivity index (χ4v) is 3.21. The molecule has 0 radical (unpaired) electrons. The number of anilines is 1. The lowest BCUT2D eigenvalue weighted by Crippen LogP contribution is -2.33. The molecule has 1 aromatic rings. The van der Waals surface area contributed by atoms with Gasteiger partial charge in [0, 0.05) is 24.6 Å². The lowest BCUT2D eigenvalue weighted by Gasteiger charge is -2.21. The molecule has 2 heterocycles. The Morgan fingerprint density at radius 3 is 2.96 bits per heavy atom. The van der Waals surface area contributed by atoms with E-state index in [1.165, 1.54) is 0 Å². The molecule has 0 aromatic heterocycles. The van der Waals surface area contributed by atoms with Gasteiger partial charge in [0.1, 0.15) is 0 Å². The van der Waals surface area contributed by atoms with Crippen molar-refractivity contribution >= 4 is 29.9 Å². The maximum absolute atomic E-state index is 12.1. The molecular weight excluding hydrogens is 314 g/mol. The van der Waals surface area contributed by atoms with E-state index in [1.807, 2.05) is 19.1 Å². The van der Waals surface area contributed by atoms with Crippen molar-refractivity contribution in [3.63, 3.8) is 0 Å². The van der Waals surface area contributed by atoms with Gasteiger partial charge in [0.15, 0.2) is 0 Å². The van der Waals surface area contributed by atoms with Gasteiger partial charge in [-0.25, -0.2) is 0 Å². The predicted octanol–water partition coefficient (Wildman–Crippen LogP) is 2.31. The standard InChI is InChI=1S/C17H23N3O2.ClH/c1-11(19-17(22)10-14-3-2-8-18-14)12-4-6-15-13(9-12)5-7-16(21)20-15;/h4,6,9,11,14,18H,2-3,5,7-8,10H2,1H3,(H,19,22)(H,20,21);1H. The summed E-state index contributed by atoms with van der Waals surface area (Å²) in [4.78, 5) is 23.5. The van der Waals surface area contributed by atoms with Crippen molar-refractivity contribution in [2.75, 3.05) is 11.9 Å². The number of hydrogen-bond acceptors (Lipinski definition) is 3. The Balaban J connectivity index is 0.00000192. The SMILES string of the molecule is CC(NC(=O)CC1CCCN1)c1ccc2c(c1)CCC(=O)N2.Cl. The lowest BCUT2D eigenvalue weighted by atomic mass is 9.97. The zero-order chi connectivity index (χ0) is 15.5. The molecule has 1 saturated heterocycles. The van der Waals surface area contributed by atoms with Crippen LogP contribution in [0.4, 0.5) is 5.69 Å². The summed E-state index contributed by atoms with van der Waals surface area (Å²) in [6.45, 7) is 3.02. The fraction of sp³-hybridized carbons (Fsp3) is 0.529. The van der Waals surface area contributed by atoms with E-state index in [9.17, 15) is 9.59 Å². The Kier molecular flexibility index (Phi) is 6.02. The summed E-state index contributed by atoms with van der Waals surface area (Å²) in [6, 6.07) is 6.31. The zero-order valence-electron chi connectivity index (χ0n) is 13.4. The lowest BCUT2D eigenvalue weighted by molar-refractivity contribution is -0.122. The molecule has 2 aliphatic rings. The minimum Gasteiger partial charge on any atom is -0.350 e. The van der Waals surface area contributed by atoms with Gasteiger partial charge < -0.3 is 16.0 Å². The molecule has 2 amide bonds. The number of fused-ring (bicyclic) bond motifs is 1. The zero-order valence-corrected chi connectivity index (χ0v) is 14.2. The van der Waals surface area contributed by atoms with Crippen molar-refractivity contribution in [3.8, 4) is 0 Å². The molecule has 0 bridgehead atoms. The summed E-state index contributed by atoms with van der Waals surface area (Å²) >= 11 is 0. The van der Waals surface area contributed by atoms with Crippen molar-refractivity contribution in [2.24, 2.45) is 0 Å². The third-order valence-corrected chi connectivity index (χ3v) is 4.50. The Morgan fingerprint density at radius 2 is 2.22 bits per heavy atom. The van der Waals surface area contributed by atoms with Gasteiger partial charge in [0.25, 0.3) is 0 Å². The minimum atomic E-state index is -0.0168. The Morgan fingerprint density at radius 1 is 1.39 bits per heavy atom. The first-order chi connectivity index (χ1) is 10.6. The normalized spacial score (nSPS) is 20.9. The number of aryl methyl sites for hydroxylation is 1. The van der Waals surface area contributed by atoms with E-state index in [2.05, 4.69) is 22.0 Å².